The minimum atomic E-state index is 0. The normalized spacial score (nSPS) is 10.6. The lowest BCUT2D eigenvalue weighted by molar-refractivity contribution is 0.296. The molecule has 0 atom stereocenters. The lowest BCUT2D eigenvalue weighted by Crippen LogP contribution is -2.26. The van der Waals surface area contributed by atoms with Gasteiger partial charge in [-0.05, 0) is 42.8 Å². The van der Waals surface area contributed by atoms with Gasteiger partial charge in [-0.25, -0.2) is 0 Å². The lowest BCUT2D eigenvalue weighted by Gasteiger charge is -2.08. The fraction of sp³-hybridized carbons (Fsp3) is 0.316. The van der Waals surface area contributed by atoms with Crippen molar-refractivity contribution in [1.82, 2.24) is 9.13 Å². The van der Waals surface area contributed by atoms with Crippen molar-refractivity contribution in [1.29, 1.82) is 5.41 Å². The van der Waals surface area contributed by atoms with E-state index in [9.17, 15) is 0 Å². The summed E-state index contributed by atoms with van der Waals surface area (Å²) in [6, 6.07) is 16.1. The zero-order chi connectivity index (χ0) is 16.9. The first kappa shape index (κ1) is 19.8. The van der Waals surface area contributed by atoms with Crippen LogP contribution < -0.4 is 10.4 Å². The van der Waals surface area contributed by atoms with Crippen molar-refractivity contribution in [2.24, 2.45) is 0 Å². The summed E-state index contributed by atoms with van der Waals surface area (Å²) < 4.78 is 11.0. The molecule has 0 radical (unpaired) electrons. The number of benzene rings is 2. The molecule has 25 heavy (non-hydrogen) atoms. The van der Waals surface area contributed by atoms with Crippen LogP contribution in [-0.2, 0) is 13.1 Å². The minimum absolute atomic E-state index is 0. The number of halogens is 2. The lowest BCUT2D eigenvalue weighted by atomic mass is 10.3. The molecule has 3 aromatic rings. The van der Waals surface area contributed by atoms with Crippen LogP contribution >= 0.6 is 32.9 Å². The number of ether oxygens (including phenoxy) is 1. The first-order chi connectivity index (χ1) is 11.7. The molecule has 0 unspecified atom stereocenters. The monoisotopic (exact) mass is 467 g/mol. The Morgan fingerprint density at radius 2 is 1.56 bits per heavy atom. The predicted molar refractivity (Wildman–Crippen MR) is 111 cm³/mol. The van der Waals surface area contributed by atoms with Gasteiger partial charge in [0.2, 0.25) is 5.62 Å². The number of hydrogen-bond donors (Lipinski definition) is 1. The van der Waals surface area contributed by atoms with Gasteiger partial charge in [-0.15, -0.1) is 17.0 Å². The van der Waals surface area contributed by atoms with E-state index >= 15 is 0 Å². The third-order valence-electron chi connectivity index (χ3n) is 4.11. The SMILES string of the molecule is Br.CCCCn1c(=N)n(CCOc2ccc(Br)cc2)c2ccccc21. The topological polar surface area (TPSA) is 42.9 Å². The van der Waals surface area contributed by atoms with Crippen LogP contribution in [0.2, 0.25) is 0 Å². The van der Waals surface area contributed by atoms with Crippen molar-refractivity contribution in [2.45, 2.75) is 32.9 Å². The summed E-state index contributed by atoms with van der Waals surface area (Å²) in [5.74, 6) is 0.847. The van der Waals surface area contributed by atoms with Crippen LogP contribution in [0.1, 0.15) is 19.8 Å². The second-order valence-electron chi connectivity index (χ2n) is 5.77. The highest BCUT2D eigenvalue weighted by molar-refractivity contribution is 9.10. The molecule has 1 heterocycles. The summed E-state index contributed by atoms with van der Waals surface area (Å²) >= 11 is 3.42. The standard InChI is InChI=1S/C19H22BrN3O.BrH/c1-2-3-12-22-17-6-4-5-7-18(17)23(19(22)21)13-14-24-16-10-8-15(20)9-11-16;/h4-11,21H,2-3,12-14H2,1H3;1H. The van der Waals surface area contributed by atoms with E-state index < -0.39 is 0 Å². The third kappa shape index (κ3) is 4.55. The van der Waals surface area contributed by atoms with Gasteiger partial charge in [0.25, 0.3) is 0 Å². The van der Waals surface area contributed by atoms with Gasteiger partial charge in [-0.2, -0.15) is 0 Å². The molecule has 0 aliphatic carbocycles. The highest BCUT2D eigenvalue weighted by atomic mass is 79.9. The zero-order valence-electron chi connectivity index (χ0n) is 14.2. The van der Waals surface area contributed by atoms with Gasteiger partial charge in [0.05, 0.1) is 17.6 Å². The molecule has 0 saturated carbocycles. The number of imidazole rings is 1. The van der Waals surface area contributed by atoms with Crippen LogP contribution in [0, 0.1) is 5.41 Å². The van der Waals surface area contributed by atoms with E-state index in [2.05, 4.69) is 39.6 Å². The van der Waals surface area contributed by atoms with E-state index in [0.717, 1.165) is 40.6 Å². The molecule has 0 aliphatic rings. The van der Waals surface area contributed by atoms with Gasteiger partial charge in [0, 0.05) is 11.0 Å². The van der Waals surface area contributed by atoms with E-state index in [4.69, 9.17) is 10.1 Å². The molecule has 6 heteroatoms. The second kappa shape index (κ2) is 9.25. The van der Waals surface area contributed by atoms with Gasteiger partial charge in [-0.3, -0.25) is 5.41 Å². The molecular formula is C19H23Br2N3O. The largest absolute Gasteiger partial charge is 0.492 e. The Hall–Kier alpha value is -1.53. The fourth-order valence-electron chi connectivity index (χ4n) is 2.85. The van der Waals surface area contributed by atoms with Gasteiger partial charge >= 0.3 is 0 Å². The van der Waals surface area contributed by atoms with Crippen molar-refractivity contribution in [3.8, 4) is 5.75 Å². The number of nitrogens with one attached hydrogen (secondary N) is 1. The minimum Gasteiger partial charge on any atom is -0.492 e. The molecular weight excluding hydrogens is 446 g/mol. The Balaban J connectivity index is 0.00000225. The van der Waals surface area contributed by atoms with Crippen LogP contribution in [-0.4, -0.2) is 15.7 Å². The number of unbranched alkanes of at least 4 members (excludes halogenated alkanes) is 1. The first-order valence-corrected chi connectivity index (χ1v) is 9.11. The Morgan fingerprint density at radius 3 is 2.16 bits per heavy atom. The van der Waals surface area contributed by atoms with Gasteiger partial charge < -0.3 is 13.9 Å². The van der Waals surface area contributed by atoms with Crippen molar-refractivity contribution in [2.75, 3.05) is 6.61 Å². The molecule has 0 amide bonds. The predicted octanol–water partition coefficient (Wildman–Crippen LogP) is 5.14. The first-order valence-electron chi connectivity index (χ1n) is 8.31. The highest BCUT2D eigenvalue weighted by Gasteiger charge is 2.10. The van der Waals surface area contributed by atoms with E-state index in [1.807, 2.05) is 41.0 Å². The van der Waals surface area contributed by atoms with Crippen LogP contribution in [0.25, 0.3) is 11.0 Å². The van der Waals surface area contributed by atoms with Crippen LogP contribution in [0.15, 0.2) is 53.0 Å². The van der Waals surface area contributed by atoms with Crippen molar-refractivity contribution >= 4 is 43.9 Å². The average molecular weight is 469 g/mol. The molecule has 2 aromatic carbocycles. The maximum Gasteiger partial charge on any atom is 0.203 e. The van der Waals surface area contributed by atoms with Crippen LogP contribution in [0.5, 0.6) is 5.75 Å². The Bertz CT molecular complexity index is 869. The third-order valence-corrected chi connectivity index (χ3v) is 4.64. The molecule has 0 aliphatic heterocycles. The molecule has 0 fully saturated rings. The van der Waals surface area contributed by atoms with Crippen LogP contribution in [0.3, 0.4) is 0 Å². The Labute approximate surface area is 166 Å². The molecule has 1 aromatic heterocycles. The molecule has 0 bridgehead atoms. The molecule has 1 N–H and O–H groups in total. The molecule has 0 spiro atoms. The van der Waals surface area contributed by atoms with Crippen molar-refractivity contribution in [3.63, 3.8) is 0 Å². The second-order valence-corrected chi connectivity index (χ2v) is 6.69. The molecule has 4 nitrogen and oxygen atoms in total. The summed E-state index contributed by atoms with van der Waals surface area (Å²) in [4.78, 5) is 0. The molecule has 3 rings (SSSR count). The van der Waals surface area contributed by atoms with E-state index in [-0.39, 0.29) is 17.0 Å². The summed E-state index contributed by atoms with van der Waals surface area (Å²) in [6.45, 7) is 4.26. The van der Waals surface area contributed by atoms with E-state index in [1.165, 1.54) is 0 Å². The fourth-order valence-corrected chi connectivity index (χ4v) is 3.11. The number of hydrogen-bond acceptors (Lipinski definition) is 2. The molecule has 134 valence electrons. The average Bonchev–Trinajstić information content (AvgIpc) is 2.87. The van der Waals surface area contributed by atoms with Gasteiger partial charge in [-0.1, -0.05) is 41.4 Å². The summed E-state index contributed by atoms with van der Waals surface area (Å²) in [5.41, 5.74) is 2.77. The molecule has 0 saturated heterocycles. The number of fused-ring (bicyclic) bond motifs is 1. The highest BCUT2D eigenvalue weighted by Crippen LogP contribution is 2.17. The number of aromatic nitrogens is 2. The number of nitrogens with zero attached hydrogens (tertiary/aromatic N) is 2. The number of para-hydroxylation sites is 2. The number of aryl methyl sites for hydroxylation is 1. The number of rotatable bonds is 7. The smallest absolute Gasteiger partial charge is 0.203 e. The Kier molecular flexibility index (Phi) is 7.32. The van der Waals surface area contributed by atoms with E-state index in [1.54, 1.807) is 0 Å². The maximum absolute atomic E-state index is 8.53. The summed E-state index contributed by atoms with van der Waals surface area (Å²) in [7, 11) is 0. The maximum atomic E-state index is 8.53. The zero-order valence-corrected chi connectivity index (χ0v) is 17.5. The van der Waals surface area contributed by atoms with Crippen molar-refractivity contribution < 1.29 is 4.74 Å². The van der Waals surface area contributed by atoms with Gasteiger partial charge in [0.15, 0.2) is 0 Å². The quantitative estimate of drug-likeness (QED) is 0.512. The van der Waals surface area contributed by atoms with E-state index in [0.29, 0.717) is 18.8 Å². The van der Waals surface area contributed by atoms with Gasteiger partial charge in [0.1, 0.15) is 12.4 Å². The Morgan fingerprint density at radius 1 is 0.960 bits per heavy atom. The summed E-state index contributed by atoms with van der Waals surface area (Å²) in [5, 5.41) is 8.53. The van der Waals surface area contributed by atoms with Crippen molar-refractivity contribution in [3.05, 3.63) is 58.6 Å². The summed E-state index contributed by atoms with van der Waals surface area (Å²) in [6.07, 6.45) is 2.21. The van der Waals surface area contributed by atoms with Crippen LogP contribution in [0.4, 0.5) is 0 Å².